The third-order valence-electron chi connectivity index (χ3n) is 9.55. The lowest BCUT2D eigenvalue weighted by Gasteiger charge is -2.54. The zero-order valence-corrected chi connectivity index (χ0v) is 31.5. The molecular weight excluding hydrogens is 783 g/mol. The highest BCUT2D eigenvalue weighted by Gasteiger charge is 2.63. The van der Waals surface area contributed by atoms with Crippen LogP contribution in [0.2, 0.25) is 0 Å². The third kappa shape index (κ3) is 7.06. The van der Waals surface area contributed by atoms with Gasteiger partial charge in [0.15, 0.2) is 52.4 Å². The molecule has 3 rings (SSSR count). The first kappa shape index (κ1) is 44.8. The van der Waals surface area contributed by atoms with Crippen LogP contribution in [0.1, 0.15) is 62.3 Å². The van der Waals surface area contributed by atoms with Crippen molar-refractivity contribution in [3.8, 4) is 0 Å². The lowest BCUT2D eigenvalue weighted by Crippen LogP contribution is -2.75. The Kier molecular flexibility index (Phi) is 12.8. The van der Waals surface area contributed by atoms with Gasteiger partial charge < -0.3 is 4.65 Å². The highest BCUT2D eigenvalue weighted by atomic mass is 32.2. The smallest absolute Gasteiger partial charge is 0.216 e. The number of rotatable bonds is 10. The lowest BCUT2D eigenvalue weighted by molar-refractivity contribution is 0.332. The predicted molar refractivity (Wildman–Crippen MR) is 178 cm³/mol. The van der Waals surface area contributed by atoms with Gasteiger partial charge in [0.25, 0.3) is 0 Å². The van der Waals surface area contributed by atoms with E-state index in [-0.39, 0.29) is 21.2 Å². The van der Waals surface area contributed by atoms with E-state index in [1.165, 1.54) is 0 Å². The molecule has 296 valence electrons. The van der Waals surface area contributed by atoms with Crippen molar-refractivity contribution >= 4 is 41.8 Å². The second kappa shape index (κ2) is 15.2. The van der Waals surface area contributed by atoms with Gasteiger partial charge in [-0.1, -0.05) is 16.4 Å². The van der Waals surface area contributed by atoms with E-state index in [1.54, 1.807) is 0 Å². The lowest BCUT2D eigenvalue weighted by atomic mass is 9.27. The highest BCUT2D eigenvalue weighted by Crippen LogP contribution is 2.83. The van der Waals surface area contributed by atoms with Crippen molar-refractivity contribution in [1.29, 1.82) is 0 Å². The van der Waals surface area contributed by atoms with Gasteiger partial charge in [-0.3, -0.25) is 0 Å². The molecule has 0 amide bonds. The molecule has 3 aromatic carbocycles. The summed E-state index contributed by atoms with van der Waals surface area (Å²) in [4.78, 5) is 0. The van der Waals surface area contributed by atoms with Gasteiger partial charge in [0.1, 0.15) is 34.9 Å². The Morgan fingerprint density at radius 3 is 0.849 bits per heavy atom. The standard InChI is InChI=1S/C34H35BF15OPS/c1-32(2,3)52(33(4,5)6,34(7,8)9)11-13-53-12-10-51-35(14-17(36)23(42)29(48)24(43)18(14)37,15-19(38)25(44)30(49)26(45)20(15)39)16-21(40)27(46)31(50)28(47)22(16)41/h10-13H2,1-9H3. The molecule has 53 heavy (non-hydrogen) atoms. The number of thioether (sulfide) groups is 1. The van der Waals surface area contributed by atoms with Crippen molar-refractivity contribution in [3.63, 3.8) is 0 Å². The topological polar surface area (TPSA) is 9.23 Å². The fourth-order valence-electron chi connectivity index (χ4n) is 8.23. The summed E-state index contributed by atoms with van der Waals surface area (Å²) in [7, 11) is -2.07. The van der Waals surface area contributed by atoms with Gasteiger partial charge in [-0.25, -0.2) is 65.9 Å². The molecule has 0 fully saturated rings. The van der Waals surface area contributed by atoms with E-state index < -0.39 is 130 Å². The molecule has 0 radical (unpaired) electrons. The Morgan fingerprint density at radius 1 is 0.396 bits per heavy atom. The summed E-state index contributed by atoms with van der Waals surface area (Å²) < 4.78 is 230. The molecule has 0 heterocycles. The Hall–Kier alpha value is -2.59. The van der Waals surface area contributed by atoms with Crippen LogP contribution >= 0.6 is 19.0 Å². The molecular formula is C34H35BF15OPS. The van der Waals surface area contributed by atoms with Crippen LogP contribution in [0.15, 0.2) is 0 Å². The van der Waals surface area contributed by atoms with Crippen molar-refractivity contribution in [2.75, 3.05) is 24.3 Å². The second-order valence-electron chi connectivity index (χ2n) is 15.3. The van der Waals surface area contributed by atoms with Gasteiger partial charge in [0.05, 0.1) is 21.6 Å². The van der Waals surface area contributed by atoms with Crippen molar-refractivity contribution in [2.45, 2.75) is 77.8 Å². The number of halogens is 15. The molecule has 0 N–H and O–H groups in total. The fourth-order valence-corrected chi connectivity index (χ4v) is 18.3. The molecule has 3 aromatic rings. The van der Waals surface area contributed by atoms with Crippen LogP contribution < -0.4 is 16.4 Å². The summed E-state index contributed by atoms with van der Waals surface area (Å²) in [6.45, 7) is 17.1. The summed E-state index contributed by atoms with van der Waals surface area (Å²) in [5, 5.41) is -0.827. The van der Waals surface area contributed by atoms with Crippen LogP contribution in [0.4, 0.5) is 65.9 Å². The number of hydrogen-bond acceptors (Lipinski definition) is 2. The van der Waals surface area contributed by atoms with Gasteiger partial charge in [-0.2, -0.15) is 11.8 Å². The summed E-state index contributed by atoms with van der Waals surface area (Å²) in [6.07, 6.45) is -5.52. The molecule has 0 saturated carbocycles. The van der Waals surface area contributed by atoms with E-state index in [1.807, 2.05) is 62.3 Å². The maximum atomic E-state index is 15.7. The van der Waals surface area contributed by atoms with Crippen LogP contribution in [0.5, 0.6) is 0 Å². The second-order valence-corrected chi connectivity index (χ2v) is 22.6. The van der Waals surface area contributed by atoms with E-state index in [9.17, 15) is 39.5 Å². The summed E-state index contributed by atoms with van der Waals surface area (Å²) in [6, 6.07) is 0. The summed E-state index contributed by atoms with van der Waals surface area (Å²) in [5.74, 6) is -46.3. The average molecular weight is 818 g/mol. The largest absolute Gasteiger partial charge is 0.578 e. The zero-order chi connectivity index (χ0) is 41.1. The average Bonchev–Trinajstić information content (AvgIpc) is 3.04. The Balaban J connectivity index is 2.42. The van der Waals surface area contributed by atoms with Crippen LogP contribution in [0, 0.1) is 87.3 Å². The molecule has 0 aromatic heterocycles. The van der Waals surface area contributed by atoms with Crippen molar-refractivity contribution in [2.24, 2.45) is 0 Å². The first-order valence-corrected chi connectivity index (χ1v) is 18.9. The first-order valence-electron chi connectivity index (χ1n) is 15.8. The van der Waals surface area contributed by atoms with Crippen LogP contribution in [-0.4, -0.2) is 46.1 Å². The van der Waals surface area contributed by atoms with E-state index in [0.29, 0.717) is 6.16 Å². The molecule has 0 spiro atoms. The first-order chi connectivity index (χ1) is 24.0. The normalized spacial score (nSPS) is 13.4. The van der Waals surface area contributed by atoms with E-state index >= 15 is 26.3 Å². The van der Waals surface area contributed by atoms with E-state index in [4.69, 9.17) is 4.65 Å². The van der Waals surface area contributed by atoms with E-state index in [0.717, 1.165) is 11.8 Å². The molecule has 1 nitrogen and oxygen atoms in total. The van der Waals surface area contributed by atoms with Gasteiger partial charge in [-0.15, -0.1) is 0 Å². The quantitative estimate of drug-likeness (QED) is 0.0504. The maximum absolute atomic E-state index is 15.7. The van der Waals surface area contributed by atoms with Crippen molar-refractivity contribution in [1.82, 2.24) is 0 Å². The maximum Gasteiger partial charge on any atom is 0.216 e. The van der Waals surface area contributed by atoms with Crippen LogP contribution in [0.25, 0.3) is 0 Å². The van der Waals surface area contributed by atoms with Gasteiger partial charge in [0.2, 0.25) is 6.35 Å². The van der Waals surface area contributed by atoms with Gasteiger partial charge in [0, 0.05) is 25.4 Å². The molecule has 0 atom stereocenters. The Bertz CT molecular complexity index is 1630. The van der Waals surface area contributed by atoms with Crippen LogP contribution in [-0.2, 0) is 4.65 Å². The van der Waals surface area contributed by atoms with Gasteiger partial charge in [-0.05, 0) is 62.3 Å². The molecule has 0 aliphatic carbocycles. The summed E-state index contributed by atoms with van der Waals surface area (Å²) >= 11 is 0.932. The molecule has 0 aliphatic heterocycles. The fraction of sp³-hybridized carbons (Fsp3) is 0.471. The minimum atomic E-state index is -6.03. The highest BCUT2D eigenvalue weighted by molar-refractivity contribution is 7.99. The molecule has 0 aliphatic rings. The Morgan fingerprint density at radius 2 is 0.623 bits per heavy atom. The van der Waals surface area contributed by atoms with Crippen molar-refractivity contribution < 1.29 is 70.5 Å². The number of benzene rings is 3. The van der Waals surface area contributed by atoms with Crippen LogP contribution in [0.3, 0.4) is 0 Å². The minimum Gasteiger partial charge on any atom is -0.578 e. The van der Waals surface area contributed by atoms with Crippen molar-refractivity contribution in [3.05, 3.63) is 87.3 Å². The number of hydrogen-bond donors (Lipinski definition) is 0. The zero-order valence-electron chi connectivity index (χ0n) is 29.8. The Labute approximate surface area is 301 Å². The molecule has 0 unspecified atom stereocenters. The SMILES string of the molecule is CC(C)(C)[P+](CCSCCO[B-](c1c(F)c(F)c(F)c(F)c1F)(c1c(F)c(F)c(F)c(F)c1F)c1c(F)c(F)c(F)c(F)c1F)(C(C)(C)C)C(C)(C)C. The third-order valence-corrected chi connectivity index (χ3v) is 18.6. The predicted octanol–water partition coefficient (Wildman–Crippen LogP) is 9.90. The molecule has 19 heteroatoms. The van der Waals surface area contributed by atoms with Gasteiger partial charge >= 0.3 is 0 Å². The monoisotopic (exact) mass is 818 g/mol. The van der Waals surface area contributed by atoms with E-state index in [2.05, 4.69) is 0 Å². The molecule has 0 saturated heterocycles. The minimum absolute atomic E-state index is 0.219. The summed E-state index contributed by atoms with van der Waals surface area (Å²) in [5.41, 5.74) is -8.34. The molecule has 0 bridgehead atoms.